The highest BCUT2D eigenvalue weighted by atomic mass is 19.4. The number of allylic oxidation sites excluding steroid dienone is 5. The van der Waals surface area contributed by atoms with Crippen LogP contribution in [0.1, 0.15) is 32.0 Å². The Labute approximate surface area is 175 Å². The third-order valence-electron chi connectivity index (χ3n) is 4.15. The Kier molecular flexibility index (Phi) is 8.62. The fourth-order valence-corrected chi connectivity index (χ4v) is 2.54. The molecule has 0 aromatic carbocycles. The summed E-state index contributed by atoms with van der Waals surface area (Å²) in [4.78, 5) is 13.0. The Morgan fingerprint density at radius 1 is 1.23 bits per heavy atom. The van der Waals surface area contributed by atoms with Crippen molar-refractivity contribution in [3.63, 3.8) is 0 Å². The van der Waals surface area contributed by atoms with Crippen LogP contribution in [-0.4, -0.2) is 15.7 Å². The second kappa shape index (κ2) is 11.4. The van der Waals surface area contributed by atoms with Crippen LogP contribution in [0.15, 0.2) is 95.7 Å². The summed E-state index contributed by atoms with van der Waals surface area (Å²) in [5, 5.41) is 2.20. The van der Waals surface area contributed by atoms with E-state index in [4.69, 9.17) is 4.99 Å². The molecule has 0 aliphatic heterocycles. The van der Waals surface area contributed by atoms with Crippen molar-refractivity contribution in [3.05, 3.63) is 102 Å². The minimum Gasteiger partial charge on any atom is -0.378 e. The van der Waals surface area contributed by atoms with Gasteiger partial charge in [0.05, 0.1) is 23.6 Å². The molecule has 5 nitrogen and oxygen atoms in total. The Balaban J connectivity index is 2.28. The summed E-state index contributed by atoms with van der Waals surface area (Å²) in [5.41, 5.74) is 4.03. The van der Waals surface area contributed by atoms with Gasteiger partial charge in [0.15, 0.2) is 0 Å². The molecule has 0 radical (unpaired) electrons. The molecular formula is C23H25F2N5. The highest BCUT2D eigenvalue weighted by Gasteiger charge is 2.09. The topological polar surface area (TPSA) is 53.4 Å². The third kappa shape index (κ3) is 6.77. The molecule has 0 fully saturated rings. The van der Waals surface area contributed by atoms with Crippen LogP contribution >= 0.6 is 0 Å². The average molecular weight is 409 g/mol. The van der Waals surface area contributed by atoms with Gasteiger partial charge < -0.3 is 5.32 Å². The van der Waals surface area contributed by atoms with E-state index in [1.807, 2.05) is 57.2 Å². The molecule has 0 bridgehead atoms. The number of rotatable bonds is 9. The Morgan fingerprint density at radius 3 is 2.70 bits per heavy atom. The fraction of sp³-hybridized carbons (Fsp3) is 0.174. The van der Waals surface area contributed by atoms with Gasteiger partial charge in [-0.25, -0.2) is 0 Å². The van der Waals surface area contributed by atoms with Gasteiger partial charge in [-0.05, 0) is 49.9 Å². The smallest absolute Gasteiger partial charge is 0.108 e. The van der Waals surface area contributed by atoms with Crippen LogP contribution in [0.4, 0.5) is 14.6 Å². The summed E-state index contributed by atoms with van der Waals surface area (Å²) in [7, 11) is 0. The summed E-state index contributed by atoms with van der Waals surface area (Å²) < 4.78 is 25.5. The number of anilines is 1. The molecule has 7 heteroatoms. The van der Waals surface area contributed by atoms with Gasteiger partial charge in [0.2, 0.25) is 0 Å². The largest absolute Gasteiger partial charge is 0.378 e. The highest BCUT2D eigenvalue weighted by Crippen LogP contribution is 2.18. The fourth-order valence-electron chi connectivity index (χ4n) is 2.54. The summed E-state index contributed by atoms with van der Waals surface area (Å²) in [6.45, 7) is 10.1. The normalized spacial score (nSPS) is 12.9. The molecule has 1 N–H and O–H groups in total. The van der Waals surface area contributed by atoms with Crippen molar-refractivity contribution >= 4 is 11.4 Å². The Hall–Kier alpha value is -3.61. The number of aromatic nitrogens is 2. The lowest BCUT2D eigenvalue weighted by molar-refractivity contribution is 0.235. The predicted molar refractivity (Wildman–Crippen MR) is 118 cm³/mol. The number of aliphatic imine (C=N–C) groups is 1. The monoisotopic (exact) mass is 409 g/mol. The molecule has 0 aliphatic rings. The van der Waals surface area contributed by atoms with Gasteiger partial charge in [0.1, 0.15) is 5.69 Å². The van der Waals surface area contributed by atoms with Gasteiger partial charge >= 0.3 is 0 Å². The quantitative estimate of drug-likeness (QED) is 0.334. The van der Waals surface area contributed by atoms with Crippen molar-refractivity contribution in [1.29, 1.82) is 0 Å². The van der Waals surface area contributed by atoms with Crippen LogP contribution in [0.25, 0.3) is 0 Å². The molecular weight excluding hydrogens is 384 g/mol. The molecule has 2 rings (SSSR count). The first-order valence-electron chi connectivity index (χ1n) is 9.38. The van der Waals surface area contributed by atoms with Crippen molar-refractivity contribution < 1.29 is 8.96 Å². The zero-order chi connectivity index (χ0) is 21.9. The number of hydrogen-bond acceptors (Lipinski definition) is 5. The van der Waals surface area contributed by atoms with Gasteiger partial charge in [-0.15, -0.1) is 0 Å². The SMILES string of the molecule is C=C(NCc1cc(N(F)F)ccn1)\C(N=C(C)c1cccnc1)=C(C)/C=C\C=C/C. The van der Waals surface area contributed by atoms with E-state index in [-0.39, 0.29) is 12.2 Å². The third-order valence-corrected chi connectivity index (χ3v) is 4.15. The van der Waals surface area contributed by atoms with E-state index in [9.17, 15) is 8.96 Å². The van der Waals surface area contributed by atoms with Crippen molar-refractivity contribution in [2.24, 2.45) is 4.99 Å². The lowest BCUT2D eigenvalue weighted by Gasteiger charge is -2.14. The number of halogens is 2. The zero-order valence-corrected chi connectivity index (χ0v) is 17.3. The zero-order valence-electron chi connectivity index (χ0n) is 17.3. The van der Waals surface area contributed by atoms with Gasteiger partial charge in [0, 0.05) is 29.9 Å². The molecule has 0 unspecified atom stereocenters. The molecule has 30 heavy (non-hydrogen) atoms. The number of hydrogen-bond donors (Lipinski definition) is 1. The van der Waals surface area contributed by atoms with Crippen LogP contribution in [0.5, 0.6) is 0 Å². The van der Waals surface area contributed by atoms with E-state index in [1.165, 1.54) is 18.3 Å². The number of nitrogens with zero attached hydrogens (tertiary/aromatic N) is 4. The first kappa shape index (κ1) is 22.7. The minimum atomic E-state index is -0.941. The molecule has 2 heterocycles. The minimum absolute atomic E-state index is 0.223. The molecule has 156 valence electrons. The predicted octanol–water partition coefficient (Wildman–Crippen LogP) is 5.57. The van der Waals surface area contributed by atoms with Crippen LogP contribution < -0.4 is 10.7 Å². The summed E-state index contributed by atoms with van der Waals surface area (Å²) >= 11 is 0. The molecule has 0 saturated carbocycles. The van der Waals surface area contributed by atoms with Crippen LogP contribution in [0.3, 0.4) is 0 Å². The maximum Gasteiger partial charge on any atom is 0.108 e. The first-order valence-corrected chi connectivity index (χ1v) is 9.38. The van der Waals surface area contributed by atoms with E-state index in [0.717, 1.165) is 16.8 Å². The van der Waals surface area contributed by atoms with Crippen LogP contribution in [0, 0.1) is 0 Å². The second-order valence-electron chi connectivity index (χ2n) is 6.43. The standard InChI is InChI=1S/C23H25F2N5/c1-5-6-7-9-17(2)23(29-18(3)20-10-8-12-26-15-20)19(4)28-16-21-14-22(30(24)25)11-13-27-21/h5-15,28H,4,16H2,1-3H3/b6-5-,9-7-,23-17+,29-18?. The van der Waals surface area contributed by atoms with Gasteiger partial charge in [-0.2, -0.15) is 0 Å². The van der Waals surface area contributed by atoms with Gasteiger partial charge in [0.25, 0.3) is 0 Å². The molecule has 0 atom stereocenters. The van der Waals surface area contributed by atoms with Gasteiger partial charge in [-0.1, -0.05) is 45.9 Å². The molecule has 2 aromatic heterocycles. The van der Waals surface area contributed by atoms with E-state index >= 15 is 0 Å². The van der Waals surface area contributed by atoms with E-state index in [1.54, 1.807) is 12.4 Å². The Bertz CT molecular complexity index is 976. The Morgan fingerprint density at radius 2 is 2.03 bits per heavy atom. The number of nitrogens with one attached hydrogen (secondary N) is 1. The van der Waals surface area contributed by atoms with Crippen molar-refractivity contribution in [2.45, 2.75) is 27.3 Å². The first-order chi connectivity index (χ1) is 14.4. The molecule has 0 amide bonds. The lowest BCUT2D eigenvalue weighted by atomic mass is 10.1. The van der Waals surface area contributed by atoms with Crippen molar-refractivity contribution in [2.75, 3.05) is 5.34 Å². The average Bonchev–Trinajstić information content (AvgIpc) is 2.76. The highest BCUT2D eigenvalue weighted by molar-refractivity contribution is 5.99. The maximum absolute atomic E-state index is 12.8. The van der Waals surface area contributed by atoms with Gasteiger partial charge in [-0.3, -0.25) is 15.0 Å². The molecule has 2 aromatic rings. The van der Waals surface area contributed by atoms with E-state index < -0.39 is 5.34 Å². The van der Waals surface area contributed by atoms with Crippen LogP contribution in [-0.2, 0) is 6.54 Å². The van der Waals surface area contributed by atoms with Crippen molar-refractivity contribution in [3.8, 4) is 0 Å². The molecule has 0 spiro atoms. The van der Waals surface area contributed by atoms with Crippen LogP contribution in [0.2, 0.25) is 0 Å². The summed E-state index contributed by atoms with van der Waals surface area (Å²) in [6.07, 6.45) is 12.5. The second-order valence-corrected chi connectivity index (χ2v) is 6.43. The lowest BCUT2D eigenvalue weighted by Crippen LogP contribution is -2.15. The van der Waals surface area contributed by atoms with E-state index in [0.29, 0.717) is 17.1 Å². The molecule has 0 aliphatic carbocycles. The van der Waals surface area contributed by atoms with Crippen molar-refractivity contribution in [1.82, 2.24) is 15.3 Å². The summed E-state index contributed by atoms with van der Waals surface area (Å²) in [5.74, 6) is 0. The number of pyridine rings is 2. The maximum atomic E-state index is 12.8. The molecule has 0 saturated heterocycles. The van der Waals surface area contributed by atoms with E-state index in [2.05, 4.69) is 21.9 Å². The summed E-state index contributed by atoms with van der Waals surface area (Å²) in [6, 6.07) is 6.33.